The van der Waals surface area contributed by atoms with Crippen LogP contribution in [0.3, 0.4) is 0 Å². The van der Waals surface area contributed by atoms with Crippen molar-refractivity contribution in [3.8, 4) is 11.4 Å². The lowest BCUT2D eigenvalue weighted by molar-refractivity contribution is 0.0635. The van der Waals surface area contributed by atoms with E-state index in [1.54, 1.807) is 54.9 Å². The first-order valence-corrected chi connectivity index (χ1v) is 15.8. The molecule has 12 heteroatoms. The van der Waals surface area contributed by atoms with Gasteiger partial charge in [-0.3, -0.25) is 19.0 Å². The van der Waals surface area contributed by atoms with Gasteiger partial charge in [0.05, 0.1) is 28.5 Å². The van der Waals surface area contributed by atoms with E-state index in [0.717, 1.165) is 11.3 Å². The second-order valence-electron chi connectivity index (χ2n) is 11.0. The van der Waals surface area contributed by atoms with Gasteiger partial charge in [0, 0.05) is 30.6 Å². The summed E-state index contributed by atoms with van der Waals surface area (Å²) in [4.78, 5) is 28.6. The van der Waals surface area contributed by atoms with Gasteiger partial charge in [0.15, 0.2) is 0 Å². The molecule has 2 heterocycles. The van der Waals surface area contributed by atoms with Crippen LogP contribution in [0, 0.1) is 6.92 Å². The van der Waals surface area contributed by atoms with Crippen LogP contribution in [0.15, 0.2) is 76.4 Å². The van der Waals surface area contributed by atoms with E-state index < -0.39 is 26.0 Å². The number of amides is 1. The fraction of sp³-hybridized carbons (Fsp3) is 0.290. The van der Waals surface area contributed by atoms with Crippen LogP contribution in [-0.2, 0) is 17.1 Å². The van der Waals surface area contributed by atoms with Crippen LogP contribution in [0.4, 0.5) is 5.69 Å². The van der Waals surface area contributed by atoms with Gasteiger partial charge in [-0.15, -0.1) is 0 Å². The molecule has 4 aromatic rings. The molecular formula is C31H32Cl2N4O5S. The number of likely N-dealkylation sites (tertiary alicyclic amines) is 1. The Morgan fingerprint density at radius 3 is 2.42 bits per heavy atom. The lowest BCUT2D eigenvalue weighted by Gasteiger charge is -2.36. The summed E-state index contributed by atoms with van der Waals surface area (Å²) < 4.78 is 38.1. The molecule has 0 spiro atoms. The zero-order valence-electron chi connectivity index (χ0n) is 24.4. The maximum absolute atomic E-state index is 13.9. The number of nitrogens with zero attached hydrogens (tertiary/aromatic N) is 3. The monoisotopic (exact) mass is 642 g/mol. The van der Waals surface area contributed by atoms with Crippen molar-refractivity contribution < 1.29 is 17.9 Å². The van der Waals surface area contributed by atoms with E-state index in [4.69, 9.17) is 27.9 Å². The molecule has 1 aromatic heterocycles. The average Bonchev–Trinajstić information content (AvgIpc) is 3.40. The Labute approximate surface area is 260 Å². The summed E-state index contributed by atoms with van der Waals surface area (Å²) in [7, 11) is -1.18. The van der Waals surface area contributed by atoms with Gasteiger partial charge in [0.2, 0.25) is 0 Å². The molecule has 1 amide bonds. The van der Waals surface area contributed by atoms with Crippen LogP contribution in [0.25, 0.3) is 5.69 Å². The highest BCUT2D eigenvalue weighted by Crippen LogP contribution is 2.44. The molecule has 1 atom stereocenters. The quantitative estimate of drug-likeness (QED) is 0.266. The van der Waals surface area contributed by atoms with E-state index in [2.05, 4.69) is 4.72 Å². The van der Waals surface area contributed by atoms with E-state index in [-0.39, 0.29) is 33.1 Å². The number of carbonyl (C=O) groups excluding carboxylic acids is 1. The highest BCUT2D eigenvalue weighted by molar-refractivity contribution is 7.92. The number of hydrogen-bond acceptors (Lipinski definition) is 5. The Morgan fingerprint density at radius 2 is 1.74 bits per heavy atom. The van der Waals surface area contributed by atoms with E-state index in [1.807, 2.05) is 44.2 Å². The summed E-state index contributed by atoms with van der Waals surface area (Å²) in [5.41, 5.74) is 0.758. The summed E-state index contributed by atoms with van der Waals surface area (Å²) >= 11 is 12.8. The third kappa shape index (κ3) is 5.43. The number of hydrogen-bond donors (Lipinski definition) is 1. The standard InChI is InChI=1S/C31H32Cl2N4O5S/c1-19-28(30(39)37(35(19)4)22-11-7-6-8-12-22)34-43(40,41)26-18-21(17-25(32)27(26)33)29(38)36-15-14-24(31(36,2)3)20-10-9-13-23(16-20)42-5/h6-13,16-18,24,34H,14-15H2,1-5H3. The first kappa shape index (κ1) is 30.7. The fourth-order valence-corrected chi connectivity index (χ4v) is 7.73. The van der Waals surface area contributed by atoms with Crippen molar-refractivity contribution in [1.82, 2.24) is 14.3 Å². The molecule has 0 radical (unpaired) electrons. The molecule has 226 valence electrons. The van der Waals surface area contributed by atoms with E-state index in [1.165, 1.54) is 16.8 Å². The Balaban J connectivity index is 1.49. The SMILES string of the molecule is COc1cccc(C2CCN(C(=O)c3cc(Cl)c(Cl)c(S(=O)(=O)Nc4c(C)n(C)n(-c5ccccc5)c4=O)c3)C2(C)C)c1. The molecule has 0 aliphatic carbocycles. The summed E-state index contributed by atoms with van der Waals surface area (Å²) in [5, 5.41) is -0.349. The van der Waals surface area contributed by atoms with Crippen LogP contribution in [-0.4, -0.2) is 47.8 Å². The highest BCUT2D eigenvalue weighted by atomic mass is 35.5. The van der Waals surface area contributed by atoms with E-state index in [9.17, 15) is 18.0 Å². The zero-order chi connectivity index (χ0) is 31.3. The van der Waals surface area contributed by atoms with Crippen LogP contribution in [0.1, 0.15) is 47.8 Å². The van der Waals surface area contributed by atoms with E-state index >= 15 is 0 Å². The molecule has 1 unspecified atom stereocenters. The number of rotatable bonds is 7. The molecule has 1 aliphatic heterocycles. The Bertz CT molecular complexity index is 1880. The molecule has 0 bridgehead atoms. The van der Waals surface area contributed by atoms with Crippen molar-refractivity contribution in [2.45, 2.75) is 43.5 Å². The number of methoxy groups -OCH3 is 1. The molecule has 5 rings (SSSR count). The lowest BCUT2D eigenvalue weighted by atomic mass is 9.82. The number of ether oxygens (including phenoxy) is 1. The number of sulfonamides is 1. The summed E-state index contributed by atoms with van der Waals surface area (Å²) in [6, 6.07) is 19.2. The third-order valence-electron chi connectivity index (χ3n) is 8.25. The Kier molecular flexibility index (Phi) is 8.15. The topological polar surface area (TPSA) is 103 Å². The summed E-state index contributed by atoms with van der Waals surface area (Å²) in [6.07, 6.45) is 0.709. The molecule has 9 nitrogen and oxygen atoms in total. The molecule has 1 saturated heterocycles. The molecule has 43 heavy (non-hydrogen) atoms. The largest absolute Gasteiger partial charge is 0.497 e. The predicted octanol–water partition coefficient (Wildman–Crippen LogP) is 6.01. The number of carbonyl (C=O) groups is 1. The van der Waals surface area contributed by atoms with Crippen LogP contribution >= 0.6 is 23.2 Å². The van der Waals surface area contributed by atoms with Crippen molar-refractivity contribution in [3.63, 3.8) is 0 Å². The molecular weight excluding hydrogens is 611 g/mol. The highest BCUT2D eigenvalue weighted by Gasteiger charge is 2.45. The summed E-state index contributed by atoms with van der Waals surface area (Å²) in [6.45, 7) is 6.04. The Morgan fingerprint density at radius 1 is 1.05 bits per heavy atom. The minimum atomic E-state index is -4.44. The number of para-hydroxylation sites is 1. The first-order valence-electron chi connectivity index (χ1n) is 13.6. The number of anilines is 1. The lowest BCUT2D eigenvalue weighted by Crippen LogP contribution is -2.45. The van der Waals surface area contributed by atoms with Crippen molar-refractivity contribution in [1.29, 1.82) is 0 Å². The smallest absolute Gasteiger partial charge is 0.296 e. The van der Waals surface area contributed by atoms with Crippen molar-refractivity contribution in [3.05, 3.63) is 104 Å². The van der Waals surface area contributed by atoms with Crippen LogP contribution in [0.5, 0.6) is 5.75 Å². The van der Waals surface area contributed by atoms with E-state index in [0.29, 0.717) is 24.3 Å². The van der Waals surface area contributed by atoms with Crippen LogP contribution < -0.4 is 15.0 Å². The van der Waals surface area contributed by atoms with Crippen molar-refractivity contribution >= 4 is 44.8 Å². The Hall–Kier alpha value is -3.73. The molecule has 1 fully saturated rings. The molecule has 0 saturated carbocycles. The number of aromatic nitrogens is 2. The molecule has 1 aliphatic rings. The second kappa shape index (κ2) is 11.4. The second-order valence-corrected chi connectivity index (χ2v) is 13.5. The third-order valence-corrected chi connectivity index (χ3v) is 10.5. The van der Waals surface area contributed by atoms with Gasteiger partial charge in [0.1, 0.15) is 16.3 Å². The van der Waals surface area contributed by atoms with Crippen molar-refractivity contribution in [2.24, 2.45) is 7.05 Å². The predicted molar refractivity (Wildman–Crippen MR) is 168 cm³/mol. The number of halogens is 2. The number of benzene rings is 3. The first-order chi connectivity index (χ1) is 20.3. The zero-order valence-corrected chi connectivity index (χ0v) is 26.7. The normalized spacial score (nSPS) is 16.3. The van der Waals surface area contributed by atoms with Crippen LogP contribution in [0.2, 0.25) is 10.0 Å². The van der Waals surface area contributed by atoms with Crippen molar-refractivity contribution in [2.75, 3.05) is 18.4 Å². The minimum Gasteiger partial charge on any atom is -0.497 e. The fourth-order valence-electron chi connectivity index (χ4n) is 5.80. The van der Waals surface area contributed by atoms with Gasteiger partial charge in [-0.25, -0.2) is 13.1 Å². The minimum absolute atomic E-state index is 0.0204. The van der Waals surface area contributed by atoms with Gasteiger partial charge >= 0.3 is 0 Å². The van der Waals surface area contributed by atoms with Gasteiger partial charge in [-0.05, 0) is 69.2 Å². The molecule has 3 aromatic carbocycles. The maximum atomic E-state index is 13.9. The van der Waals surface area contributed by atoms with Gasteiger partial charge in [-0.2, -0.15) is 0 Å². The number of nitrogens with one attached hydrogen (secondary N) is 1. The summed E-state index contributed by atoms with van der Waals surface area (Å²) in [5.74, 6) is 0.369. The molecule has 1 N–H and O–H groups in total. The van der Waals surface area contributed by atoms with Gasteiger partial charge < -0.3 is 9.64 Å². The average molecular weight is 644 g/mol. The maximum Gasteiger partial charge on any atom is 0.296 e. The van der Waals surface area contributed by atoms with Gasteiger partial charge in [-0.1, -0.05) is 53.5 Å². The van der Waals surface area contributed by atoms with Gasteiger partial charge in [0.25, 0.3) is 21.5 Å².